The van der Waals surface area contributed by atoms with Crippen LogP contribution in [0.1, 0.15) is 37.6 Å². The lowest BCUT2D eigenvalue weighted by atomic mass is 10.1. The molecule has 0 spiro atoms. The molecule has 5 rings (SSSR count). The predicted molar refractivity (Wildman–Crippen MR) is 166 cm³/mol. The van der Waals surface area contributed by atoms with Crippen molar-refractivity contribution in [3.05, 3.63) is 68.6 Å². The van der Waals surface area contributed by atoms with Gasteiger partial charge in [-0.15, -0.1) is 0 Å². The second kappa shape index (κ2) is 11.4. The summed E-state index contributed by atoms with van der Waals surface area (Å²) in [5.41, 5.74) is 2.12. The Hall–Kier alpha value is -3.96. The minimum Gasteiger partial charge on any atom is -0.444 e. The van der Waals surface area contributed by atoms with Crippen molar-refractivity contribution < 1.29 is 14.3 Å². The van der Waals surface area contributed by atoms with E-state index in [1.807, 2.05) is 47.0 Å². The maximum absolute atomic E-state index is 13.6. The van der Waals surface area contributed by atoms with Crippen LogP contribution in [0.15, 0.2) is 47.4 Å². The van der Waals surface area contributed by atoms with Crippen LogP contribution in [-0.2, 0) is 4.74 Å². The number of carbonyl (C=O) groups excluding carboxylic acids is 2. The molecular weight excluding hydrogens is 581 g/mol. The van der Waals surface area contributed by atoms with Crippen molar-refractivity contribution in [1.29, 1.82) is 0 Å². The van der Waals surface area contributed by atoms with Gasteiger partial charge in [0.1, 0.15) is 16.9 Å². The van der Waals surface area contributed by atoms with Gasteiger partial charge in [0, 0.05) is 33.4 Å². The summed E-state index contributed by atoms with van der Waals surface area (Å²) in [7, 11) is 3.99. The smallest absolute Gasteiger partial charge is 0.407 e. The third-order valence-electron chi connectivity index (χ3n) is 7.06. The number of benzene rings is 2. The molecule has 0 aliphatic carbocycles. The van der Waals surface area contributed by atoms with Crippen LogP contribution in [0.4, 0.5) is 27.5 Å². The number of amides is 2. The van der Waals surface area contributed by atoms with Gasteiger partial charge in [0.15, 0.2) is 0 Å². The Morgan fingerprint density at radius 1 is 1.00 bits per heavy atom. The Bertz CT molecular complexity index is 1580. The number of hydrogen-bond acceptors (Lipinski definition) is 8. The zero-order valence-electron chi connectivity index (χ0n) is 24.1. The molecule has 2 N–H and O–H groups in total. The van der Waals surface area contributed by atoms with Gasteiger partial charge in [0.25, 0.3) is 11.5 Å². The van der Waals surface area contributed by atoms with E-state index in [1.54, 1.807) is 18.2 Å². The van der Waals surface area contributed by atoms with Crippen molar-refractivity contribution in [3.8, 4) is 5.69 Å². The topological polar surface area (TPSA) is 112 Å². The number of para-hydroxylation sites is 1. The number of nitrogens with zero attached hydrogens (tertiary/aromatic N) is 5. The molecule has 1 fully saturated rings. The molecule has 3 heterocycles. The summed E-state index contributed by atoms with van der Waals surface area (Å²) in [6.45, 7) is 7.29. The lowest BCUT2D eigenvalue weighted by molar-refractivity contribution is 0.0509. The zero-order valence-corrected chi connectivity index (χ0v) is 25.6. The van der Waals surface area contributed by atoms with Crippen LogP contribution in [0, 0.1) is 0 Å². The molecule has 11 nitrogen and oxygen atoms in total. The molecule has 13 heteroatoms. The van der Waals surface area contributed by atoms with E-state index >= 15 is 0 Å². The summed E-state index contributed by atoms with van der Waals surface area (Å²) in [5, 5.41) is 10.5. The van der Waals surface area contributed by atoms with Crippen LogP contribution in [0.2, 0.25) is 10.0 Å². The van der Waals surface area contributed by atoms with Crippen molar-refractivity contribution >= 4 is 58.0 Å². The van der Waals surface area contributed by atoms with Crippen LogP contribution >= 0.6 is 23.2 Å². The van der Waals surface area contributed by atoms with Gasteiger partial charge in [-0.3, -0.25) is 9.59 Å². The van der Waals surface area contributed by atoms with E-state index in [0.29, 0.717) is 31.9 Å². The summed E-state index contributed by atoms with van der Waals surface area (Å²) >= 11 is 12.6. The van der Waals surface area contributed by atoms with Gasteiger partial charge in [0.2, 0.25) is 0 Å². The molecule has 0 saturated carbocycles. The van der Waals surface area contributed by atoms with E-state index in [9.17, 15) is 14.4 Å². The second-order valence-electron chi connectivity index (χ2n) is 11.4. The average Bonchev–Trinajstić information content (AvgIpc) is 3.47. The zero-order chi connectivity index (χ0) is 30.3. The van der Waals surface area contributed by atoms with Crippen LogP contribution in [0.3, 0.4) is 0 Å². The van der Waals surface area contributed by atoms with Crippen molar-refractivity contribution in [2.75, 3.05) is 53.9 Å². The minimum absolute atomic E-state index is 0.121. The van der Waals surface area contributed by atoms with Crippen molar-refractivity contribution in [2.24, 2.45) is 0 Å². The first-order chi connectivity index (χ1) is 19.8. The van der Waals surface area contributed by atoms with Gasteiger partial charge in [-0.1, -0.05) is 29.3 Å². The third kappa shape index (κ3) is 5.84. The van der Waals surface area contributed by atoms with Crippen LogP contribution < -0.4 is 30.9 Å². The van der Waals surface area contributed by atoms with Gasteiger partial charge in [-0.25, -0.2) is 4.79 Å². The molecule has 1 saturated heterocycles. The largest absolute Gasteiger partial charge is 0.444 e. The Balaban J connectivity index is 1.46. The lowest BCUT2D eigenvalue weighted by Crippen LogP contribution is -2.40. The average molecular weight is 615 g/mol. The number of anilines is 4. The fraction of sp³-hybridized carbons (Fsp3) is 0.379. The first-order valence-electron chi connectivity index (χ1n) is 13.5. The molecule has 222 valence electrons. The summed E-state index contributed by atoms with van der Waals surface area (Å²) < 4.78 is 6.47. The van der Waals surface area contributed by atoms with Crippen LogP contribution in [0.5, 0.6) is 0 Å². The molecule has 1 aromatic heterocycles. The third-order valence-corrected chi connectivity index (χ3v) is 7.67. The van der Waals surface area contributed by atoms with Crippen molar-refractivity contribution in [2.45, 2.75) is 38.8 Å². The highest BCUT2D eigenvalue weighted by molar-refractivity contribution is 6.37. The molecule has 2 aliphatic heterocycles. The summed E-state index contributed by atoms with van der Waals surface area (Å²) in [4.78, 5) is 45.8. The van der Waals surface area contributed by atoms with Crippen molar-refractivity contribution in [1.82, 2.24) is 15.1 Å². The number of alkyl carbamates (subject to hydrolysis) is 1. The summed E-state index contributed by atoms with van der Waals surface area (Å²) in [6, 6.07) is 9.84. The number of ether oxygens (including phenoxy) is 1. The molecular formula is C29H33Cl2N7O4. The SMILES string of the molecule is CN1CN(C)c2c1ccc(NC(=O)c1ccnn(-c3c(Cl)cccc3Cl)c1=O)c2N1CC[C@H](NC(=O)OC(C)(C)C)C1. The van der Waals surface area contributed by atoms with Crippen LogP contribution in [-0.4, -0.2) is 67.3 Å². The molecule has 2 aromatic carbocycles. The van der Waals surface area contributed by atoms with Gasteiger partial charge in [-0.05, 0) is 57.5 Å². The molecule has 0 bridgehead atoms. The van der Waals surface area contributed by atoms with Gasteiger partial charge in [-0.2, -0.15) is 9.78 Å². The highest BCUT2D eigenvalue weighted by atomic mass is 35.5. The fourth-order valence-electron chi connectivity index (χ4n) is 5.32. The maximum Gasteiger partial charge on any atom is 0.407 e. The number of hydrogen-bond donors (Lipinski definition) is 2. The predicted octanol–water partition coefficient (Wildman–Crippen LogP) is 4.74. The van der Waals surface area contributed by atoms with E-state index in [1.165, 1.54) is 12.3 Å². The highest BCUT2D eigenvalue weighted by Crippen LogP contribution is 2.47. The standard InChI is InChI=1S/C29H33Cl2N7O4/c1-29(2,3)42-28(41)33-17-12-14-37(15-17)24-21(9-10-22-25(24)36(5)16-35(22)4)34-26(39)18-11-13-32-38(27(18)40)23-19(30)7-6-8-20(23)31/h6-11,13,17H,12,14-16H2,1-5H3,(H,33,41)(H,34,39)/t17-/m0/s1. The Morgan fingerprint density at radius 3 is 2.40 bits per heavy atom. The number of rotatable bonds is 5. The molecule has 2 aliphatic rings. The molecule has 0 unspecified atom stereocenters. The Kier molecular flexibility index (Phi) is 8.00. The Morgan fingerprint density at radius 2 is 1.71 bits per heavy atom. The van der Waals surface area contributed by atoms with Crippen LogP contribution in [0.25, 0.3) is 5.69 Å². The van der Waals surface area contributed by atoms with E-state index < -0.39 is 23.2 Å². The molecule has 3 aromatic rings. The lowest BCUT2D eigenvalue weighted by Gasteiger charge is -2.27. The second-order valence-corrected chi connectivity index (χ2v) is 12.2. The number of halogens is 2. The van der Waals surface area contributed by atoms with Gasteiger partial charge < -0.3 is 30.1 Å². The molecule has 1 atom stereocenters. The van der Waals surface area contributed by atoms with Crippen molar-refractivity contribution in [3.63, 3.8) is 0 Å². The number of aromatic nitrogens is 2. The minimum atomic E-state index is -0.660. The maximum atomic E-state index is 13.6. The summed E-state index contributed by atoms with van der Waals surface area (Å²) in [5.74, 6) is -0.600. The quantitative estimate of drug-likeness (QED) is 0.424. The normalized spacial score (nSPS) is 16.5. The van der Waals surface area contributed by atoms with E-state index in [4.69, 9.17) is 27.9 Å². The van der Waals surface area contributed by atoms with E-state index in [-0.39, 0.29) is 27.3 Å². The molecule has 0 radical (unpaired) electrons. The fourth-order valence-corrected chi connectivity index (χ4v) is 5.88. The number of carbonyl (C=O) groups is 2. The number of nitrogens with one attached hydrogen (secondary N) is 2. The highest BCUT2D eigenvalue weighted by Gasteiger charge is 2.34. The first kappa shape index (κ1) is 29.5. The molecule has 42 heavy (non-hydrogen) atoms. The monoisotopic (exact) mass is 613 g/mol. The van der Waals surface area contributed by atoms with E-state index in [0.717, 1.165) is 21.7 Å². The van der Waals surface area contributed by atoms with Gasteiger partial charge in [0.05, 0.1) is 45.5 Å². The molecule has 2 amide bonds. The van der Waals surface area contributed by atoms with E-state index in [2.05, 4.69) is 30.4 Å². The Labute approximate surface area is 253 Å². The first-order valence-corrected chi connectivity index (χ1v) is 14.3. The number of fused-ring (bicyclic) bond motifs is 1. The summed E-state index contributed by atoms with van der Waals surface area (Å²) in [6.07, 6.45) is 1.59. The van der Waals surface area contributed by atoms with Gasteiger partial charge >= 0.3 is 6.09 Å².